The maximum Gasteiger partial charge on any atom is 0.0953 e. The van der Waals surface area contributed by atoms with Gasteiger partial charge in [-0.2, -0.15) is 0 Å². The Hall–Kier alpha value is -1.64. The molecule has 0 radical (unpaired) electrons. The van der Waals surface area contributed by atoms with E-state index in [1.54, 1.807) is 5.57 Å². The Morgan fingerprint density at radius 2 is 1.59 bits per heavy atom. The van der Waals surface area contributed by atoms with Crippen molar-refractivity contribution in [3.05, 3.63) is 72.4 Å². The Balaban J connectivity index is 1.05. The molecule has 1 saturated heterocycles. The van der Waals surface area contributed by atoms with E-state index in [0.717, 1.165) is 47.3 Å². The molecule has 1 N–H and O–H groups in total. The topological polar surface area (TPSA) is 21.3 Å². The monoisotopic (exact) mass is 521 g/mol. The molecule has 0 aromatic heterocycles. The number of ether oxygens (including phenoxy) is 1. The first kappa shape index (κ1) is 24.0. The summed E-state index contributed by atoms with van der Waals surface area (Å²) >= 11 is 0. The van der Waals surface area contributed by atoms with Crippen molar-refractivity contribution in [1.29, 1.82) is 0 Å². The molecule has 39 heavy (non-hydrogen) atoms. The fourth-order valence-electron chi connectivity index (χ4n) is 12.6. The van der Waals surface area contributed by atoms with Gasteiger partial charge in [-0.15, -0.1) is 0 Å². The molecule has 14 unspecified atom stereocenters. The first-order chi connectivity index (χ1) is 19.3. The molecule has 1 aliphatic heterocycles. The lowest BCUT2D eigenvalue weighted by Crippen LogP contribution is -2.51. The summed E-state index contributed by atoms with van der Waals surface area (Å²) in [4.78, 5) is 0. The SMILES string of the molecule is C1=CC2OC3C(=CCCC3NC3C=CC4C5CCC=CC5C5(C4C3)C3CCC=CC3C3CCCCC35)C2C=C1. The quantitative estimate of drug-likeness (QED) is 0.376. The van der Waals surface area contributed by atoms with Crippen LogP contribution in [0.2, 0.25) is 0 Å². The Labute approximate surface area is 235 Å². The zero-order valence-electron chi connectivity index (χ0n) is 23.5. The summed E-state index contributed by atoms with van der Waals surface area (Å²) < 4.78 is 6.71. The Kier molecular flexibility index (Phi) is 5.65. The lowest BCUT2D eigenvalue weighted by Gasteiger charge is -2.51. The van der Waals surface area contributed by atoms with Crippen LogP contribution in [0.1, 0.15) is 70.6 Å². The molecule has 0 bridgehead atoms. The van der Waals surface area contributed by atoms with E-state index in [4.69, 9.17) is 4.74 Å². The first-order valence-corrected chi connectivity index (χ1v) is 16.8. The third-order valence-electron chi connectivity index (χ3n) is 13.5. The molecule has 9 rings (SSSR count). The van der Waals surface area contributed by atoms with E-state index >= 15 is 0 Å². The van der Waals surface area contributed by atoms with Crippen LogP contribution in [-0.4, -0.2) is 24.3 Å². The average molecular weight is 522 g/mol. The molecule has 0 aromatic rings. The van der Waals surface area contributed by atoms with Gasteiger partial charge in [0, 0.05) is 18.0 Å². The van der Waals surface area contributed by atoms with Gasteiger partial charge < -0.3 is 10.1 Å². The van der Waals surface area contributed by atoms with Crippen molar-refractivity contribution < 1.29 is 4.74 Å². The van der Waals surface area contributed by atoms with Crippen LogP contribution in [0.25, 0.3) is 0 Å². The summed E-state index contributed by atoms with van der Waals surface area (Å²) in [5.74, 6) is 7.49. The molecular formula is C37H47NO. The van der Waals surface area contributed by atoms with Gasteiger partial charge in [-0.25, -0.2) is 0 Å². The fourth-order valence-corrected chi connectivity index (χ4v) is 12.6. The van der Waals surface area contributed by atoms with Gasteiger partial charge in [0.25, 0.3) is 0 Å². The molecule has 1 heterocycles. The molecular weight excluding hydrogens is 474 g/mol. The second kappa shape index (κ2) is 9.18. The van der Waals surface area contributed by atoms with Crippen molar-refractivity contribution in [3.63, 3.8) is 0 Å². The number of hydrogen-bond donors (Lipinski definition) is 1. The van der Waals surface area contributed by atoms with Crippen molar-refractivity contribution in [1.82, 2.24) is 5.32 Å². The third kappa shape index (κ3) is 3.34. The van der Waals surface area contributed by atoms with Crippen molar-refractivity contribution in [2.75, 3.05) is 0 Å². The van der Waals surface area contributed by atoms with Crippen LogP contribution in [0.15, 0.2) is 72.4 Å². The molecule has 3 saturated carbocycles. The van der Waals surface area contributed by atoms with E-state index in [1.807, 2.05) is 0 Å². The number of fused-ring (bicyclic) bond motifs is 13. The predicted molar refractivity (Wildman–Crippen MR) is 158 cm³/mol. The molecule has 4 fully saturated rings. The number of hydrogen-bond acceptors (Lipinski definition) is 2. The zero-order valence-corrected chi connectivity index (χ0v) is 23.5. The fraction of sp³-hybridized carbons (Fsp3) is 0.676. The highest BCUT2D eigenvalue weighted by Crippen LogP contribution is 2.75. The second-order valence-corrected chi connectivity index (χ2v) is 14.7. The van der Waals surface area contributed by atoms with Crippen LogP contribution >= 0.6 is 0 Å². The van der Waals surface area contributed by atoms with Gasteiger partial charge in [-0.3, -0.25) is 0 Å². The van der Waals surface area contributed by atoms with Gasteiger partial charge in [-0.1, -0.05) is 79.7 Å². The smallest absolute Gasteiger partial charge is 0.0953 e. The lowest BCUT2D eigenvalue weighted by atomic mass is 9.54. The van der Waals surface area contributed by atoms with E-state index < -0.39 is 0 Å². The summed E-state index contributed by atoms with van der Waals surface area (Å²) in [5, 5.41) is 4.25. The van der Waals surface area contributed by atoms with Crippen LogP contribution in [0, 0.1) is 58.7 Å². The molecule has 0 aromatic carbocycles. The van der Waals surface area contributed by atoms with Crippen LogP contribution in [0.5, 0.6) is 0 Å². The van der Waals surface area contributed by atoms with E-state index in [-0.39, 0.29) is 12.2 Å². The predicted octanol–water partition coefficient (Wildman–Crippen LogP) is 7.72. The molecule has 14 atom stereocenters. The number of rotatable bonds is 2. The Bertz CT molecular complexity index is 1170. The lowest BCUT2D eigenvalue weighted by molar-refractivity contribution is -0.00634. The summed E-state index contributed by atoms with van der Waals surface area (Å²) in [6.45, 7) is 0. The Morgan fingerprint density at radius 3 is 2.59 bits per heavy atom. The minimum Gasteiger partial charge on any atom is -0.364 e. The maximum atomic E-state index is 6.71. The van der Waals surface area contributed by atoms with Crippen LogP contribution < -0.4 is 5.32 Å². The molecule has 9 aliphatic rings. The van der Waals surface area contributed by atoms with Gasteiger partial charge in [0.15, 0.2) is 0 Å². The van der Waals surface area contributed by atoms with Gasteiger partial charge in [0.1, 0.15) is 0 Å². The molecule has 0 amide bonds. The van der Waals surface area contributed by atoms with E-state index in [2.05, 4.69) is 72.2 Å². The minimum absolute atomic E-state index is 0.242. The van der Waals surface area contributed by atoms with Crippen molar-refractivity contribution >= 4 is 0 Å². The van der Waals surface area contributed by atoms with Gasteiger partial charge in [-0.05, 0) is 116 Å². The molecule has 2 nitrogen and oxygen atoms in total. The highest BCUT2D eigenvalue weighted by molar-refractivity contribution is 5.35. The first-order valence-electron chi connectivity index (χ1n) is 16.8. The summed E-state index contributed by atoms with van der Waals surface area (Å²) in [6, 6.07) is 0.939. The largest absolute Gasteiger partial charge is 0.364 e. The minimum atomic E-state index is 0.242. The normalized spacial score (nSPS) is 54.1. The van der Waals surface area contributed by atoms with Crippen molar-refractivity contribution in [2.45, 2.75) is 94.9 Å². The van der Waals surface area contributed by atoms with Crippen LogP contribution in [0.3, 0.4) is 0 Å². The van der Waals surface area contributed by atoms with Crippen molar-refractivity contribution in [3.8, 4) is 0 Å². The molecule has 206 valence electrons. The third-order valence-corrected chi connectivity index (χ3v) is 13.5. The van der Waals surface area contributed by atoms with Crippen LogP contribution in [0.4, 0.5) is 0 Å². The summed E-state index contributed by atoms with van der Waals surface area (Å²) in [7, 11) is 0. The standard InChI is InChI=1S/C37H47NO/c1-5-15-30-24(10-1)25-11-2-6-16-31(25)37(30)32-17-7-3-12-26(32)27-21-20-23(22-33(27)37)38-34-18-9-14-29-28-13-4-8-19-35(28)39-36(29)34/h1,4,7-8,10,13-14,17,19-21,23-28,30-36,38H,2-3,5-6,9,11-12,15-16,18,22H2. The molecule has 8 aliphatic carbocycles. The average Bonchev–Trinajstić information content (AvgIpc) is 3.62. The number of allylic oxidation sites excluding steroid dienone is 8. The van der Waals surface area contributed by atoms with E-state index in [9.17, 15) is 0 Å². The molecule has 2 heteroatoms. The second-order valence-electron chi connectivity index (χ2n) is 14.7. The van der Waals surface area contributed by atoms with E-state index in [0.29, 0.717) is 23.4 Å². The van der Waals surface area contributed by atoms with Gasteiger partial charge in [0.2, 0.25) is 0 Å². The highest BCUT2D eigenvalue weighted by Gasteiger charge is 2.71. The van der Waals surface area contributed by atoms with Gasteiger partial charge >= 0.3 is 0 Å². The van der Waals surface area contributed by atoms with E-state index in [1.165, 1.54) is 70.6 Å². The molecule has 1 spiro atoms. The summed E-state index contributed by atoms with van der Waals surface area (Å²) in [5.41, 5.74) is 2.08. The summed E-state index contributed by atoms with van der Waals surface area (Å²) in [6.07, 6.45) is 43.3. The van der Waals surface area contributed by atoms with Crippen LogP contribution in [-0.2, 0) is 4.74 Å². The maximum absolute atomic E-state index is 6.71. The van der Waals surface area contributed by atoms with Gasteiger partial charge in [0.05, 0.1) is 12.2 Å². The number of nitrogens with one attached hydrogen (secondary N) is 1. The zero-order chi connectivity index (χ0) is 25.6. The highest BCUT2D eigenvalue weighted by atomic mass is 16.5. The van der Waals surface area contributed by atoms with Crippen molar-refractivity contribution in [2.24, 2.45) is 58.7 Å². The Morgan fingerprint density at radius 1 is 0.718 bits per heavy atom.